The number of methoxy groups -OCH3 is 1. The zero-order valence-corrected chi connectivity index (χ0v) is 22.2. The lowest BCUT2D eigenvalue weighted by Crippen LogP contribution is -2.73. The molecule has 0 bridgehead atoms. The van der Waals surface area contributed by atoms with Crippen LogP contribution in [0.2, 0.25) is 0 Å². The number of carbonyl (C=O) groups excluding carboxylic acids is 3. The van der Waals surface area contributed by atoms with Crippen LogP contribution in [-0.2, 0) is 20.9 Å². The first-order chi connectivity index (χ1) is 17.9. The van der Waals surface area contributed by atoms with Gasteiger partial charge in [-0.15, -0.1) is 0 Å². The maximum Gasteiger partial charge on any atom is 0.246 e. The molecule has 8 heteroatoms. The number of likely N-dealkylation sites (tertiary alicyclic amines) is 1. The second-order valence-electron chi connectivity index (χ2n) is 11.1. The normalized spacial score (nSPS) is 23.1. The monoisotopic (exact) mass is 508 g/mol. The fraction of sp³-hybridized carbons (Fsp3) is 0.621. The third kappa shape index (κ3) is 5.06. The highest BCUT2D eigenvalue weighted by molar-refractivity contribution is 6.00. The van der Waals surface area contributed by atoms with Crippen molar-refractivity contribution >= 4 is 28.6 Å². The van der Waals surface area contributed by atoms with Gasteiger partial charge in [-0.05, 0) is 36.8 Å². The number of benzene rings is 1. The van der Waals surface area contributed by atoms with E-state index in [1.807, 2.05) is 29.3 Å². The summed E-state index contributed by atoms with van der Waals surface area (Å²) in [6.07, 6.45) is 9.89. The van der Waals surface area contributed by atoms with Crippen molar-refractivity contribution in [2.75, 3.05) is 33.4 Å². The molecule has 2 saturated heterocycles. The van der Waals surface area contributed by atoms with Gasteiger partial charge in [0.05, 0.1) is 12.1 Å². The molecule has 1 aromatic carbocycles. The van der Waals surface area contributed by atoms with E-state index in [-0.39, 0.29) is 17.7 Å². The molecule has 8 nitrogen and oxygen atoms in total. The van der Waals surface area contributed by atoms with Gasteiger partial charge in [0.1, 0.15) is 11.6 Å². The maximum atomic E-state index is 13.7. The van der Waals surface area contributed by atoms with Gasteiger partial charge in [0.2, 0.25) is 17.7 Å². The van der Waals surface area contributed by atoms with Gasteiger partial charge in [-0.2, -0.15) is 0 Å². The Kier molecular flexibility index (Phi) is 7.67. The molecule has 2 aromatic rings. The van der Waals surface area contributed by atoms with E-state index in [9.17, 15) is 14.4 Å². The molecule has 37 heavy (non-hydrogen) atoms. The Morgan fingerprint density at radius 3 is 2.54 bits per heavy atom. The Hall–Kier alpha value is -2.71. The highest BCUT2D eigenvalue weighted by Gasteiger charge is 2.53. The molecule has 3 aliphatic rings. The number of hydrogen-bond donors (Lipinski definition) is 1. The summed E-state index contributed by atoms with van der Waals surface area (Å²) in [5.74, 6) is 0.561. The molecule has 2 aliphatic heterocycles. The molecular formula is C29H40N4O4. The number of hydrogen-bond acceptors (Lipinski definition) is 5. The predicted octanol–water partition coefficient (Wildman–Crippen LogP) is 3.58. The standard InChI is InChI=1S/C29H40N4O4/c1-21(34)32-20-23(24-10-6-7-11-26(24)32)19-31-14-12-29(13-15-31)28(36)30-25(18-22-8-4-3-5-9-22)27(35)33(29)16-17-37-2/h6-7,10-11,20,22,25H,3-5,8-9,12-19H2,1-2H3,(H,30,36). The summed E-state index contributed by atoms with van der Waals surface area (Å²) in [5.41, 5.74) is 1.21. The number of nitrogens with one attached hydrogen (secondary N) is 1. The minimum absolute atomic E-state index is 0.00292. The molecule has 1 unspecified atom stereocenters. The largest absolute Gasteiger partial charge is 0.383 e. The average molecular weight is 509 g/mol. The number of amides is 2. The zero-order valence-electron chi connectivity index (χ0n) is 22.2. The third-order valence-electron chi connectivity index (χ3n) is 8.83. The van der Waals surface area contributed by atoms with Crippen molar-refractivity contribution in [1.82, 2.24) is 19.7 Å². The molecule has 1 atom stereocenters. The van der Waals surface area contributed by atoms with E-state index in [1.165, 1.54) is 19.3 Å². The molecule has 2 amide bonds. The smallest absolute Gasteiger partial charge is 0.246 e. The number of piperidine rings is 1. The van der Waals surface area contributed by atoms with Crippen LogP contribution in [0, 0.1) is 5.92 Å². The fourth-order valence-corrected chi connectivity index (χ4v) is 6.75. The lowest BCUT2D eigenvalue weighted by molar-refractivity contribution is -0.162. The number of fused-ring (bicyclic) bond motifs is 1. The van der Waals surface area contributed by atoms with Gasteiger partial charge in [0, 0.05) is 51.8 Å². The van der Waals surface area contributed by atoms with E-state index in [2.05, 4.69) is 16.3 Å². The summed E-state index contributed by atoms with van der Waals surface area (Å²) in [6, 6.07) is 7.55. The Morgan fingerprint density at radius 1 is 1.11 bits per heavy atom. The Morgan fingerprint density at radius 2 is 1.84 bits per heavy atom. The molecule has 1 aromatic heterocycles. The number of para-hydroxylation sites is 1. The van der Waals surface area contributed by atoms with Gasteiger partial charge in [-0.1, -0.05) is 50.3 Å². The molecule has 3 fully saturated rings. The van der Waals surface area contributed by atoms with Crippen molar-refractivity contribution in [1.29, 1.82) is 0 Å². The molecule has 1 N–H and O–H groups in total. The third-order valence-corrected chi connectivity index (χ3v) is 8.83. The number of piperazine rings is 1. The highest BCUT2D eigenvalue weighted by atomic mass is 16.5. The summed E-state index contributed by atoms with van der Waals surface area (Å²) in [5, 5.41) is 4.23. The number of aromatic nitrogens is 1. The number of nitrogens with zero attached hydrogens (tertiary/aromatic N) is 3. The summed E-state index contributed by atoms with van der Waals surface area (Å²) < 4.78 is 7.05. The molecular weight excluding hydrogens is 468 g/mol. The molecule has 5 rings (SSSR count). The second-order valence-corrected chi connectivity index (χ2v) is 11.1. The van der Waals surface area contributed by atoms with E-state index in [0.717, 1.165) is 35.7 Å². The van der Waals surface area contributed by atoms with Gasteiger partial charge in [-0.3, -0.25) is 23.9 Å². The van der Waals surface area contributed by atoms with Crippen LogP contribution in [0.4, 0.5) is 0 Å². The van der Waals surface area contributed by atoms with Crippen LogP contribution < -0.4 is 5.32 Å². The molecule has 1 spiro atoms. The van der Waals surface area contributed by atoms with Crippen LogP contribution in [0.3, 0.4) is 0 Å². The molecule has 0 radical (unpaired) electrons. The second kappa shape index (κ2) is 11.0. The van der Waals surface area contributed by atoms with Crippen molar-refractivity contribution < 1.29 is 19.1 Å². The van der Waals surface area contributed by atoms with Crippen molar-refractivity contribution in [3.05, 3.63) is 36.0 Å². The van der Waals surface area contributed by atoms with Gasteiger partial charge < -0.3 is 15.0 Å². The Bertz CT molecular complexity index is 1140. The van der Waals surface area contributed by atoms with E-state index in [1.54, 1.807) is 18.6 Å². The number of rotatable bonds is 7. The summed E-state index contributed by atoms with van der Waals surface area (Å²) in [4.78, 5) is 43.7. The van der Waals surface area contributed by atoms with Crippen LogP contribution in [-0.4, -0.2) is 77.0 Å². The Balaban J connectivity index is 1.30. The minimum Gasteiger partial charge on any atom is -0.383 e. The first-order valence-corrected chi connectivity index (χ1v) is 13.9. The van der Waals surface area contributed by atoms with Gasteiger partial charge in [0.25, 0.3) is 0 Å². The van der Waals surface area contributed by atoms with Crippen LogP contribution in [0.25, 0.3) is 10.9 Å². The van der Waals surface area contributed by atoms with E-state index in [0.29, 0.717) is 51.5 Å². The van der Waals surface area contributed by atoms with Crippen LogP contribution >= 0.6 is 0 Å². The van der Waals surface area contributed by atoms with Crippen molar-refractivity contribution in [2.24, 2.45) is 5.92 Å². The summed E-state index contributed by atoms with van der Waals surface area (Å²) in [6.45, 7) is 4.56. The quantitative estimate of drug-likeness (QED) is 0.618. The van der Waals surface area contributed by atoms with Gasteiger partial charge in [-0.25, -0.2) is 0 Å². The van der Waals surface area contributed by atoms with Gasteiger partial charge in [0.15, 0.2) is 0 Å². The number of carbonyl (C=O) groups is 3. The van der Waals surface area contributed by atoms with Crippen LogP contribution in [0.1, 0.15) is 68.6 Å². The molecule has 200 valence electrons. The predicted molar refractivity (Wildman–Crippen MR) is 142 cm³/mol. The number of ether oxygens (including phenoxy) is 1. The lowest BCUT2D eigenvalue weighted by Gasteiger charge is -2.52. The first-order valence-electron chi connectivity index (χ1n) is 13.9. The SMILES string of the molecule is COCCN1C(=O)C(CC2CCCCC2)NC(=O)C12CCN(Cc1cn(C(C)=O)c3ccccc13)CC2. The topological polar surface area (TPSA) is 83.9 Å². The van der Waals surface area contributed by atoms with Crippen molar-refractivity contribution in [2.45, 2.75) is 76.4 Å². The molecule has 1 saturated carbocycles. The minimum atomic E-state index is -0.817. The Labute approximate surface area is 219 Å². The fourth-order valence-electron chi connectivity index (χ4n) is 6.75. The first kappa shape index (κ1) is 25.9. The van der Waals surface area contributed by atoms with E-state index < -0.39 is 11.6 Å². The van der Waals surface area contributed by atoms with Crippen molar-refractivity contribution in [3.63, 3.8) is 0 Å². The zero-order chi connectivity index (χ0) is 26.0. The van der Waals surface area contributed by atoms with Crippen molar-refractivity contribution in [3.8, 4) is 0 Å². The molecule has 3 heterocycles. The summed E-state index contributed by atoms with van der Waals surface area (Å²) >= 11 is 0. The maximum absolute atomic E-state index is 13.7. The van der Waals surface area contributed by atoms with Crippen LogP contribution in [0.15, 0.2) is 30.5 Å². The average Bonchev–Trinajstić information content (AvgIpc) is 3.28. The lowest BCUT2D eigenvalue weighted by atomic mass is 9.79. The van der Waals surface area contributed by atoms with Gasteiger partial charge >= 0.3 is 0 Å². The van der Waals surface area contributed by atoms with Crippen LogP contribution in [0.5, 0.6) is 0 Å². The summed E-state index contributed by atoms with van der Waals surface area (Å²) in [7, 11) is 1.64. The molecule has 1 aliphatic carbocycles. The highest BCUT2D eigenvalue weighted by Crippen LogP contribution is 2.36. The van der Waals surface area contributed by atoms with E-state index >= 15 is 0 Å². The van der Waals surface area contributed by atoms with E-state index in [4.69, 9.17) is 4.74 Å².